The molecular weight excluding hydrogens is 228 g/mol. The highest BCUT2D eigenvalue weighted by molar-refractivity contribution is 6.29. The number of amides is 1. The van der Waals surface area contributed by atoms with Crippen LogP contribution in [0.2, 0.25) is 5.15 Å². The van der Waals surface area contributed by atoms with Crippen LogP contribution >= 0.6 is 11.6 Å². The van der Waals surface area contributed by atoms with Gasteiger partial charge in [0, 0.05) is 12.4 Å². The fraction of sp³-hybridized carbons (Fsp3) is 0. The molecule has 0 aliphatic carbocycles. The fourth-order valence-corrected chi connectivity index (χ4v) is 1.20. The summed E-state index contributed by atoms with van der Waals surface area (Å²) in [6, 6.07) is 6.57. The zero-order valence-corrected chi connectivity index (χ0v) is 8.85. The van der Waals surface area contributed by atoms with Gasteiger partial charge in [-0.05, 0) is 18.2 Å². The van der Waals surface area contributed by atoms with E-state index in [-0.39, 0.29) is 17.0 Å². The Balaban J connectivity index is 2.14. The minimum Gasteiger partial charge on any atom is -0.289 e. The third kappa shape index (κ3) is 2.52. The highest BCUT2D eigenvalue weighted by Gasteiger charge is 2.08. The average molecular weight is 235 g/mol. The molecule has 2 aromatic rings. The van der Waals surface area contributed by atoms with E-state index in [1.165, 1.54) is 18.5 Å². The number of hydrogen-bond donors (Lipinski definition) is 1. The van der Waals surface area contributed by atoms with E-state index in [2.05, 4.69) is 20.3 Å². The molecule has 1 amide bonds. The highest BCUT2D eigenvalue weighted by Crippen LogP contribution is 2.06. The number of halogens is 1. The van der Waals surface area contributed by atoms with E-state index in [1.807, 2.05) is 0 Å². The van der Waals surface area contributed by atoms with Gasteiger partial charge in [0.05, 0.1) is 0 Å². The van der Waals surface area contributed by atoms with Gasteiger partial charge in [-0.3, -0.25) is 15.1 Å². The first kappa shape index (κ1) is 10.5. The molecule has 0 saturated carbocycles. The second-order valence-corrected chi connectivity index (χ2v) is 3.26. The molecule has 0 aliphatic heterocycles. The number of pyridine rings is 1. The molecule has 0 bridgehead atoms. The monoisotopic (exact) mass is 234 g/mol. The predicted molar refractivity (Wildman–Crippen MR) is 59.2 cm³/mol. The topological polar surface area (TPSA) is 67.8 Å². The SMILES string of the molecule is O=C(Nc1nccc(Cl)n1)c1ccccn1. The number of nitrogens with one attached hydrogen (secondary N) is 1. The molecular formula is C10H7ClN4O. The van der Waals surface area contributed by atoms with E-state index in [0.717, 1.165) is 0 Å². The van der Waals surface area contributed by atoms with Gasteiger partial charge in [-0.2, -0.15) is 0 Å². The molecule has 0 aliphatic rings. The maximum atomic E-state index is 11.6. The lowest BCUT2D eigenvalue weighted by atomic mass is 10.3. The van der Waals surface area contributed by atoms with Crippen molar-refractivity contribution in [1.82, 2.24) is 15.0 Å². The van der Waals surface area contributed by atoms with Crippen LogP contribution in [0.1, 0.15) is 10.5 Å². The van der Waals surface area contributed by atoms with Crippen molar-refractivity contribution in [3.8, 4) is 0 Å². The molecule has 5 nitrogen and oxygen atoms in total. The number of carbonyl (C=O) groups is 1. The third-order valence-electron chi connectivity index (χ3n) is 1.74. The molecule has 0 atom stereocenters. The van der Waals surface area contributed by atoms with Crippen molar-refractivity contribution in [2.75, 3.05) is 5.32 Å². The highest BCUT2D eigenvalue weighted by atomic mass is 35.5. The van der Waals surface area contributed by atoms with Gasteiger partial charge in [0.1, 0.15) is 10.8 Å². The van der Waals surface area contributed by atoms with Crippen LogP contribution in [0.25, 0.3) is 0 Å². The summed E-state index contributed by atoms with van der Waals surface area (Å²) in [6.07, 6.45) is 3.00. The van der Waals surface area contributed by atoms with Crippen LogP contribution in [0.3, 0.4) is 0 Å². The minimum absolute atomic E-state index is 0.156. The molecule has 1 N–H and O–H groups in total. The molecule has 2 rings (SSSR count). The molecule has 80 valence electrons. The molecule has 0 fully saturated rings. The second kappa shape index (κ2) is 4.67. The van der Waals surface area contributed by atoms with Crippen LogP contribution in [0.15, 0.2) is 36.7 Å². The molecule has 0 unspecified atom stereocenters. The van der Waals surface area contributed by atoms with Crippen molar-refractivity contribution in [2.24, 2.45) is 0 Å². The van der Waals surface area contributed by atoms with E-state index < -0.39 is 0 Å². The minimum atomic E-state index is -0.372. The smallest absolute Gasteiger partial charge is 0.276 e. The normalized spacial score (nSPS) is 9.81. The molecule has 0 radical (unpaired) electrons. The number of rotatable bonds is 2. The van der Waals surface area contributed by atoms with Gasteiger partial charge in [-0.25, -0.2) is 9.97 Å². The van der Waals surface area contributed by atoms with Crippen LogP contribution in [-0.4, -0.2) is 20.9 Å². The summed E-state index contributed by atoms with van der Waals surface area (Å²) in [4.78, 5) is 23.2. The first-order chi connectivity index (χ1) is 7.75. The van der Waals surface area contributed by atoms with Gasteiger partial charge < -0.3 is 0 Å². The van der Waals surface area contributed by atoms with Crippen molar-refractivity contribution in [1.29, 1.82) is 0 Å². The Bertz CT molecular complexity index is 503. The molecule has 2 aromatic heterocycles. The van der Waals surface area contributed by atoms with E-state index in [0.29, 0.717) is 5.69 Å². The molecule has 0 saturated heterocycles. The van der Waals surface area contributed by atoms with Crippen molar-refractivity contribution in [3.05, 3.63) is 47.5 Å². The van der Waals surface area contributed by atoms with Gasteiger partial charge in [-0.15, -0.1) is 0 Å². The number of carbonyl (C=O) groups excluding carboxylic acids is 1. The first-order valence-electron chi connectivity index (χ1n) is 4.46. The van der Waals surface area contributed by atoms with Crippen LogP contribution in [-0.2, 0) is 0 Å². The van der Waals surface area contributed by atoms with Crippen LogP contribution in [0.5, 0.6) is 0 Å². The van der Waals surface area contributed by atoms with Crippen LogP contribution in [0.4, 0.5) is 5.95 Å². The summed E-state index contributed by atoms with van der Waals surface area (Å²) in [5, 5.41) is 2.76. The van der Waals surface area contributed by atoms with Gasteiger partial charge >= 0.3 is 0 Å². The van der Waals surface area contributed by atoms with E-state index in [1.54, 1.807) is 18.2 Å². The van der Waals surface area contributed by atoms with Gasteiger partial charge in [0.2, 0.25) is 5.95 Å². The molecule has 2 heterocycles. The van der Waals surface area contributed by atoms with Crippen LogP contribution < -0.4 is 5.32 Å². The van der Waals surface area contributed by atoms with Crippen molar-refractivity contribution >= 4 is 23.5 Å². The predicted octanol–water partition coefficient (Wildman–Crippen LogP) is 1.78. The Morgan fingerprint density at radius 3 is 2.75 bits per heavy atom. The molecule has 0 spiro atoms. The summed E-state index contributed by atoms with van der Waals surface area (Å²) in [6.45, 7) is 0. The summed E-state index contributed by atoms with van der Waals surface area (Å²) < 4.78 is 0. The maximum absolute atomic E-state index is 11.6. The maximum Gasteiger partial charge on any atom is 0.276 e. The Morgan fingerprint density at radius 2 is 2.06 bits per heavy atom. The number of aromatic nitrogens is 3. The number of anilines is 1. The lowest BCUT2D eigenvalue weighted by molar-refractivity contribution is 0.102. The summed E-state index contributed by atoms with van der Waals surface area (Å²) in [5.74, 6) is -0.217. The summed E-state index contributed by atoms with van der Waals surface area (Å²) >= 11 is 5.66. The Hall–Kier alpha value is -2.01. The lowest BCUT2D eigenvalue weighted by Crippen LogP contribution is -2.15. The molecule has 16 heavy (non-hydrogen) atoms. The number of nitrogens with zero attached hydrogens (tertiary/aromatic N) is 3. The Labute approximate surface area is 96.5 Å². The average Bonchev–Trinajstić information content (AvgIpc) is 2.30. The summed E-state index contributed by atoms with van der Waals surface area (Å²) in [7, 11) is 0. The van der Waals surface area contributed by atoms with E-state index in [4.69, 9.17) is 11.6 Å². The third-order valence-corrected chi connectivity index (χ3v) is 1.95. The van der Waals surface area contributed by atoms with Crippen molar-refractivity contribution in [3.63, 3.8) is 0 Å². The zero-order valence-electron chi connectivity index (χ0n) is 8.09. The quantitative estimate of drug-likeness (QED) is 0.805. The van der Waals surface area contributed by atoms with Crippen LogP contribution in [0, 0.1) is 0 Å². The first-order valence-corrected chi connectivity index (χ1v) is 4.84. The largest absolute Gasteiger partial charge is 0.289 e. The van der Waals surface area contributed by atoms with Gasteiger partial charge in [-0.1, -0.05) is 17.7 Å². The fourth-order valence-electron chi connectivity index (χ4n) is 1.06. The standard InChI is InChI=1S/C10H7ClN4O/c11-8-4-6-13-10(14-8)15-9(16)7-3-1-2-5-12-7/h1-6H,(H,13,14,15,16). The molecule has 6 heteroatoms. The van der Waals surface area contributed by atoms with E-state index >= 15 is 0 Å². The lowest BCUT2D eigenvalue weighted by Gasteiger charge is -2.02. The Morgan fingerprint density at radius 1 is 1.19 bits per heavy atom. The molecule has 0 aromatic carbocycles. The van der Waals surface area contributed by atoms with Crippen molar-refractivity contribution in [2.45, 2.75) is 0 Å². The number of hydrogen-bond acceptors (Lipinski definition) is 4. The second-order valence-electron chi connectivity index (χ2n) is 2.87. The summed E-state index contributed by atoms with van der Waals surface area (Å²) in [5.41, 5.74) is 0.297. The van der Waals surface area contributed by atoms with Crippen molar-refractivity contribution < 1.29 is 4.79 Å². The van der Waals surface area contributed by atoms with E-state index in [9.17, 15) is 4.79 Å². The van der Waals surface area contributed by atoms with Gasteiger partial charge in [0.25, 0.3) is 5.91 Å². The zero-order chi connectivity index (χ0) is 11.4. The Kier molecular flexibility index (Phi) is 3.07. The van der Waals surface area contributed by atoms with Gasteiger partial charge in [0.15, 0.2) is 0 Å².